The Kier molecular flexibility index (Phi) is 5.36. The molecule has 0 unspecified atom stereocenters. The van der Waals surface area contributed by atoms with Crippen molar-refractivity contribution in [3.05, 3.63) is 29.8 Å². The fourth-order valence-corrected chi connectivity index (χ4v) is 1.27. The summed E-state index contributed by atoms with van der Waals surface area (Å²) in [6.07, 6.45) is 1.00. The Morgan fingerprint density at radius 2 is 2.00 bits per heavy atom. The van der Waals surface area contributed by atoms with Crippen molar-refractivity contribution >= 4 is 5.84 Å². The van der Waals surface area contributed by atoms with Crippen LogP contribution in [0.4, 0.5) is 0 Å². The Balaban J connectivity index is 2.44. The lowest BCUT2D eigenvalue weighted by atomic mass is 10.2. The molecule has 0 aliphatic rings. The highest BCUT2D eigenvalue weighted by molar-refractivity contribution is 5.97. The fraction of sp³-hybridized carbons (Fsp3) is 0.417. The summed E-state index contributed by atoms with van der Waals surface area (Å²) in [5.41, 5.74) is 6.06. The van der Waals surface area contributed by atoms with Crippen LogP contribution >= 0.6 is 0 Å². The Morgan fingerprint density at radius 3 is 2.69 bits per heavy atom. The van der Waals surface area contributed by atoms with Gasteiger partial charge in [0.15, 0.2) is 0 Å². The van der Waals surface area contributed by atoms with E-state index in [0.29, 0.717) is 24.5 Å². The van der Waals surface area contributed by atoms with E-state index in [2.05, 4.69) is 6.92 Å². The molecule has 0 aliphatic heterocycles. The van der Waals surface area contributed by atoms with Crippen molar-refractivity contribution in [2.75, 3.05) is 19.8 Å². The maximum Gasteiger partial charge on any atom is 0.130 e. The molecule has 0 aromatic heterocycles. The molecule has 1 aromatic carbocycles. The minimum Gasteiger partial charge on any atom is -0.490 e. The maximum atomic E-state index is 7.39. The van der Waals surface area contributed by atoms with Crippen molar-refractivity contribution in [2.45, 2.75) is 13.3 Å². The zero-order valence-corrected chi connectivity index (χ0v) is 9.53. The molecular formula is C12H18N2O2. The monoisotopic (exact) mass is 222 g/mol. The van der Waals surface area contributed by atoms with E-state index >= 15 is 0 Å². The third kappa shape index (κ3) is 3.90. The molecule has 0 amide bonds. The molecule has 0 aliphatic carbocycles. The first kappa shape index (κ1) is 12.5. The van der Waals surface area contributed by atoms with Gasteiger partial charge in [0.05, 0.1) is 12.2 Å². The highest BCUT2D eigenvalue weighted by Gasteiger charge is 2.04. The normalized spacial score (nSPS) is 10.1. The third-order valence-electron chi connectivity index (χ3n) is 2.01. The SMILES string of the molecule is CCCOCCOc1ccccc1C(=N)N. The van der Waals surface area contributed by atoms with Crippen LogP contribution in [0.2, 0.25) is 0 Å². The van der Waals surface area contributed by atoms with E-state index in [1.807, 2.05) is 12.1 Å². The Hall–Kier alpha value is -1.55. The van der Waals surface area contributed by atoms with Gasteiger partial charge >= 0.3 is 0 Å². The molecule has 88 valence electrons. The van der Waals surface area contributed by atoms with E-state index < -0.39 is 0 Å². The highest BCUT2D eigenvalue weighted by Crippen LogP contribution is 2.16. The van der Waals surface area contributed by atoms with Crippen molar-refractivity contribution in [1.82, 2.24) is 0 Å². The van der Waals surface area contributed by atoms with Gasteiger partial charge in [0, 0.05) is 6.61 Å². The Labute approximate surface area is 95.9 Å². The largest absolute Gasteiger partial charge is 0.490 e. The summed E-state index contributed by atoms with van der Waals surface area (Å²) in [5, 5.41) is 7.39. The van der Waals surface area contributed by atoms with Crippen LogP contribution < -0.4 is 10.5 Å². The maximum absolute atomic E-state index is 7.39. The number of hydrogen-bond donors (Lipinski definition) is 2. The molecule has 4 heteroatoms. The van der Waals surface area contributed by atoms with Gasteiger partial charge in [-0.2, -0.15) is 0 Å². The van der Waals surface area contributed by atoms with Crippen LogP contribution in [0.1, 0.15) is 18.9 Å². The van der Waals surface area contributed by atoms with Crippen LogP contribution in [0, 0.1) is 5.41 Å². The number of nitrogen functional groups attached to an aromatic ring is 1. The van der Waals surface area contributed by atoms with Crippen LogP contribution in [-0.4, -0.2) is 25.7 Å². The molecule has 0 fully saturated rings. The van der Waals surface area contributed by atoms with Gasteiger partial charge in [0.1, 0.15) is 18.2 Å². The van der Waals surface area contributed by atoms with E-state index in [1.165, 1.54) is 0 Å². The lowest BCUT2D eigenvalue weighted by molar-refractivity contribution is 0.101. The molecule has 0 saturated carbocycles. The van der Waals surface area contributed by atoms with Crippen LogP contribution in [0.15, 0.2) is 24.3 Å². The minimum atomic E-state index is 0.0186. The first-order valence-electron chi connectivity index (χ1n) is 5.39. The van der Waals surface area contributed by atoms with E-state index in [9.17, 15) is 0 Å². The smallest absolute Gasteiger partial charge is 0.130 e. The lowest BCUT2D eigenvalue weighted by Gasteiger charge is -2.10. The summed E-state index contributed by atoms with van der Waals surface area (Å²) in [4.78, 5) is 0. The van der Waals surface area contributed by atoms with Crippen molar-refractivity contribution in [1.29, 1.82) is 5.41 Å². The zero-order valence-electron chi connectivity index (χ0n) is 9.53. The predicted octanol–water partition coefficient (Wildman–Crippen LogP) is 1.78. The highest BCUT2D eigenvalue weighted by atomic mass is 16.5. The van der Waals surface area contributed by atoms with Crippen LogP contribution in [0.5, 0.6) is 5.75 Å². The van der Waals surface area contributed by atoms with Gasteiger partial charge in [0.25, 0.3) is 0 Å². The summed E-state index contributed by atoms with van der Waals surface area (Å²) in [7, 11) is 0. The van der Waals surface area contributed by atoms with Gasteiger partial charge in [-0.15, -0.1) is 0 Å². The Bertz CT molecular complexity index is 340. The van der Waals surface area contributed by atoms with Crippen molar-refractivity contribution in [2.24, 2.45) is 5.73 Å². The standard InChI is InChI=1S/C12H18N2O2/c1-2-7-15-8-9-16-11-6-4-3-5-10(11)12(13)14/h3-6H,2,7-9H2,1H3,(H3,13,14). The number of nitrogens with two attached hydrogens (primary N) is 1. The predicted molar refractivity (Wildman–Crippen MR) is 64.1 cm³/mol. The van der Waals surface area contributed by atoms with Gasteiger partial charge in [0.2, 0.25) is 0 Å². The molecule has 0 heterocycles. The molecule has 16 heavy (non-hydrogen) atoms. The minimum absolute atomic E-state index is 0.0186. The zero-order chi connectivity index (χ0) is 11.8. The third-order valence-corrected chi connectivity index (χ3v) is 2.01. The summed E-state index contributed by atoms with van der Waals surface area (Å²) in [6, 6.07) is 7.26. The molecule has 0 saturated heterocycles. The van der Waals surface area contributed by atoms with Crippen LogP contribution in [0.3, 0.4) is 0 Å². The first-order valence-corrected chi connectivity index (χ1v) is 5.39. The van der Waals surface area contributed by atoms with Gasteiger partial charge in [-0.1, -0.05) is 19.1 Å². The molecule has 0 bridgehead atoms. The van der Waals surface area contributed by atoms with E-state index in [-0.39, 0.29) is 5.84 Å². The topological polar surface area (TPSA) is 68.3 Å². The van der Waals surface area contributed by atoms with E-state index in [0.717, 1.165) is 13.0 Å². The number of amidine groups is 1. The average molecular weight is 222 g/mol. The van der Waals surface area contributed by atoms with Crippen molar-refractivity contribution in [3.63, 3.8) is 0 Å². The van der Waals surface area contributed by atoms with Crippen molar-refractivity contribution < 1.29 is 9.47 Å². The Morgan fingerprint density at radius 1 is 1.25 bits per heavy atom. The number of para-hydroxylation sites is 1. The van der Waals surface area contributed by atoms with Gasteiger partial charge in [-0.3, -0.25) is 5.41 Å². The summed E-state index contributed by atoms with van der Waals surface area (Å²) in [6.45, 7) is 3.84. The molecule has 0 radical (unpaired) electrons. The molecule has 1 rings (SSSR count). The summed E-state index contributed by atoms with van der Waals surface area (Å²) >= 11 is 0. The second-order valence-electron chi connectivity index (χ2n) is 3.37. The number of hydrogen-bond acceptors (Lipinski definition) is 3. The lowest BCUT2D eigenvalue weighted by Crippen LogP contribution is -2.14. The molecule has 1 aromatic rings. The number of benzene rings is 1. The van der Waals surface area contributed by atoms with Crippen LogP contribution in [-0.2, 0) is 4.74 Å². The van der Waals surface area contributed by atoms with Crippen molar-refractivity contribution in [3.8, 4) is 5.75 Å². The molecular weight excluding hydrogens is 204 g/mol. The van der Waals surface area contributed by atoms with Gasteiger partial charge in [-0.05, 0) is 18.6 Å². The molecule has 3 N–H and O–H groups in total. The number of ether oxygens (including phenoxy) is 2. The average Bonchev–Trinajstić information content (AvgIpc) is 2.29. The fourth-order valence-electron chi connectivity index (χ4n) is 1.27. The van der Waals surface area contributed by atoms with E-state index in [4.69, 9.17) is 20.6 Å². The second-order valence-corrected chi connectivity index (χ2v) is 3.37. The first-order chi connectivity index (χ1) is 7.75. The summed E-state index contributed by atoms with van der Waals surface area (Å²) < 4.78 is 10.8. The summed E-state index contributed by atoms with van der Waals surface area (Å²) in [5.74, 6) is 0.653. The quantitative estimate of drug-likeness (QED) is 0.420. The number of rotatable bonds is 7. The van der Waals surface area contributed by atoms with Gasteiger partial charge in [-0.25, -0.2) is 0 Å². The van der Waals surface area contributed by atoms with Gasteiger partial charge < -0.3 is 15.2 Å². The molecule has 4 nitrogen and oxygen atoms in total. The second kappa shape index (κ2) is 6.85. The van der Waals surface area contributed by atoms with Crippen LogP contribution in [0.25, 0.3) is 0 Å². The van der Waals surface area contributed by atoms with E-state index in [1.54, 1.807) is 12.1 Å². The number of nitrogens with one attached hydrogen (secondary N) is 1. The molecule has 0 atom stereocenters. The molecule has 0 spiro atoms.